The molecule has 2 aromatic heterocycles. The fourth-order valence-electron chi connectivity index (χ4n) is 13.4. The first-order valence-corrected chi connectivity index (χ1v) is 35.2. The van der Waals surface area contributed by atoms with Crippen molar-refractivity contribution in [3.05, 3.63) is 131 Å². The number of benzene rings is 4. The molecule has 574 valence electrons. The van der Waals surface area contributed by atoms with Gasteiger partial charge in [-0.25, -0.2) is 13.2 Å². The predicted octanol–water partition coefficient (Wildman–Crippen LogP) is -0.689. The maximum absolute atomic E-state index is 16.2. The Bertz CT molecular complexity index is 4260. The lowest BCUT2D eigenvalue weighted by atomic mass is 9.94. The average molecular weight is 1490 g/mol. The minimum Gasteiger partial charge on any atom is -0.497 e. The van der Waals surface area contributed by atoms with Gasteiger partial charge >= 0.3 is 0 Å². The Labute approximate surface area is 612 Å². The molecule has 4 aliphatic rings. The van der Waals surface area contributed by atoms with Gasteiger partial charge in [0.25, 0.3) is 0 Å². The number of aromatic nitrogens is 2. The molecule has 0 unspecified atom stereocenters. The van der Waals surface area contributed by atoms with E-state index in [1.807, 2.05) is 0 Å². The van der Waals surface area contributed by atoms with Crippen molar-refractivity contribution in [3.63, 3.8) is 0 Å². The van der Waals surface area contributed by atoms with Crippen LogP contribution in [0.2, 0.25) is 0 Å². The first-order valence-electron chi connectivity index (χ1n) is 35.2. The Balaban J connectivity index is 1.07. The quantitative estimate of drug-likeness (QED) is 0.0447. The molecule has 0 saturated carbocycles. The van der Waals surface area contributed by atoms with Gasteiger partial charge in [-0.1, -0.05) is 24.3 Å². The molecule has 4 aromatic carbocycles. The predicted molar refractivity (Wildman–Crippen MR) is 380 cm³/mol. The lowest BCUT2D eigenvalue weighted by molar-refractivity contribution is -0.147. The molecule has 0 aliphatic carbocycles. The number of aliphatic hydroxyl groups is 2. The van der Waals surface area contributed by atoms with Gasteiger partial charge in [-0.15, -0.1) is 0 Å². The molecular weight excluding hydrogens is 1400 g/mol. The maximum atomic E-state index is 16.2. The standard InChI is InChI=1S/C73H90F3N15O16/c1-38-64(97)85-55(28-42-34-80-51-19-13-44(74)30-49(42)51)66(99)86-58(29-43-35-81-52-20-14-45(75)31-50(43)52)70(103)90-36-46(76)32-59(90)68(101)89-62(39(2)93)69(102)87-57(27-41-9-15-47(106-4)16-10-41)71(104)91-24-7-21-73(91,3)72(105)88-54(63(78)96)26-40-11-17-48(18-12-40)107-25-23-79-60(94)33-56(83-61(95)37-92)67(100)84-53(65(98)82-38)8-5-6-22-77/h9-20,30-31,34-35,38-39,46,53-59,62,80-81,92-93H,5-8,21-29,32-33,36-37,77H2,1-4H3,(H2,78,96)(H,79,94)(H,82,98)(H,83,95)(H,84,100)(H,85,97)(H,86,99)(H,87,102)(H,88,105)(H,89,101)/t38-,39-,46+,53+,54+,55+,56+,57+,58+,59+,62+,73+/m1/s1. The molecule has 2 saturated heterocycles. The van der Waals surface area contributed by atoms with E-state index in [0.29, 0.717) is 40.1 Å². The Morgan fingerprint density at radius 1 is 0.720 bits per heavy atom. The number of fused-ring (bicyclic) bond motifs is 32. The summed E-state index contributed by atoms with van der Waals surface area (Å²) in [4.78, 5) is 180. The van der Waals surface area contributed by atoms with E-state index in [1.165, 1.54) is 68.6 Å². The van der Waals surface area contributed by atoms with Crippen molar-refractivity contribution in [3.8, 4) is 11.5 Å². The molecule has 107 heavy (non-hydrogen) atoms. The highest BCUT2D eigenvalue weighted by molar-refractivity contribution is 6.01. The normalized spacial score (nSPS) is 25.1. The highest BCUT2D eigenvalue weighted by Gasteiger charge is 2.50. The van der Waals surface area contributed by atoms with Crippen molar-refractivity contribution >= 4 is 92.7 Å². The van der Waals surface area contributed by atoms with Gasteiger partial charge in [0.2, 0.25) is 70.9 Å². The summed E-state index contributed by atoms with van der Waals surface area (Å²) in [5.74, 6) is -12.5. The van der Waals surface area contributed by atoms with E-state index in [0.717, 1.165) is 17.9 Å². The van der Waals surface area contributed by atoms with Crippen LogP contribution < -0.4 is 68.8 Å². The second-order valence-electron chi connectivity index (χ2n) is 27.1. The third-order valence-corrected chi connectivity index (χ3v) is 19.3. The van der Waals surface area contributed by atoms with Crippen molar-refractivity contribution < 1.29 is 90.4 Å². The number of alkyl halides is 1. The summed E-state index contributed by atoms with van der Waals surface area (Å²) in [5.41, 5.74) is 12.2. The number of unbranched alkanes of at least 4 members (excludes halogenated alkanes) is 1. The van der Waals surface area contributed by atoms with E-state index in [-0.39, 0.29) is 86.7 Å². The number of carbonyl (C=O) groups is 12. The van der Waals surface area contributed by atoms with Crippen LogP contribution in [0.1, 0.15) is 88.0 Å². The zero-order valence-corrected chi connectivity index (χ0v) is 59.4. The first-order chi connectivity index (χ1) is 51.1. The zero-order valence-electron chi connectivity index (χ0n) is 59.4. The molecule has 6 aromatic rings. The summed E-state index contributed by atoms with van der Waals surface area (Å²) in [6, 6.07) is 5.33. The molecule has 0 spiro atoms. The number of aromatic amines is 2. The fourth-order valence-corrected chi connectivity index (χ4v) is 13.4. The Morgan fingerprint density at radius 2 is 1.33 bits per heavy atom. The van der Waals surface area contributed by atoms with Gasteiger partial charge in [0, 0.05) is 72.8 Å². The van der Waals surface area contributed by atoms with Crippen molar-refractivity contribution in [1.82, 2.24) is 67.6 Å². The van der Waals surface area contributed by atoms with Crippen LogP contribution in [0.5, 0.6) is 11.5 Å². The molecule has 6 heterocycles. The van der Waals surface area contributed by atoms with Crippen LogP contribution in [0.4, 0.5) is 13.2 Å². The molecule has 2 bridgehead atoms. The van der Waals surface area contributed by atoms with Crippen LogP contribution in [0.15, 0.2) is 97.3 Å². The topological polar surface area (TPSA) is 462 Å². The minimum absolute atomic E-state index is 0.0219. The third-order valence-electron chi connectivity index (χ3n) is 19.3. The molecule has 12 amide bonds. The maximum Gasteiger partial charge on any atom is 0.246 e. The molecule has 0 radical (unpaired) electrons. The van der Waals surface area contributed by atoms with Crippen LogP contribution in [-0.2, 0) is 83.2 Å². The van der Waals surface area contributed by atoms with Crippen molar-refractivity contribution in [2.45, 2.75) is 164 Å². The number of amides is 12. The van der Waals surface area contributed by atoms with Crippen LogP contribution in [0.25, 0.3) is 21.8 Å². The summed E-state index contributed by atoms with van der Waals surface area (Å²) in [6.07, 6.45) is -2.74. The number of H-pyrrole nitrogens is 2. The number of nitrogens with one attached hydrogen (secondary N) is 11. The lowest BCUT2D eigenvalue weighted by Gasteiger charge is -2.37. The average Bonchev–Trinajstić information content (AvgIpc) is 1.68. The van der Waals surface area contributed by atoms with E-state index < -0.39 is 194 Å². The molecular formula is C73H90F3N15O16. The molecule has 4 aliphatic heterocycles. The van der Waals surface area contributed by atoms with Gasteiger partial charge in [-0.3, -0.25) is 57.5 Å². The summed E-state index contributed by atoms with van der Waals surface area (Å²) in [6.45, 7) is 1.85. The van der Waals surface area contributed by atoms with Gasteiger partial charge in [0.05, 0.1) is 32.7 Å². The van der Waals surface area contributed by atoms with Crippen LogP contribution >= 0.6 is 0 Å². The van der Waals surface area contributed by atoms with Crippen molar-refractivity contribution in [1.29, 1.82) is 0 Å². The van der Waals surface area contributed by atoms with E-state index in [9.17, 15) is 57.8 Å². The molecule has 34 heteroatoms. The molecule has 17 N–H and O–H groups in total. The number of nitrogens with zero attached hydrogens (tertiary/aromatic N) is 2. The molecule has 12 atom stereocenters. The number of hydrogen-bond donors (Lipinski definition) is 15. The van der Waals surface area contributed by atoms with E-state index >= 15 is 23.2 Å². The first kappa shape index (κ1) is 80.0. The number of primary amides is 1. The Morgan fingerprint density at radius 3 is 1.94 bits per heavy atom. The smallest absolute Gasteiger partial charge is 0.246 e. The third kappa shape index (κ3) is 20.5. The SMILES string of the molecule is COc1ccc(C[C@@H]2NC(=O)[C@H]([C@@H](C)O)NC(=O)[C@@H]3C[C@H](F)CN3C(=O)[C@H](Cc3c[nH]c4ccc(F)cc34)NC(=O)[C@H](Cc3c[nH]c4ccc(F)cc34)NC(=O)[C@@H](C)NC(=O)[C@H](CCCCN)NC(=O)[C@@H](NC(=O)CO)CC(=O)NCCOc3ccc(cc3)C[C@@H](C(N)=O)NC(=O)[C@]3(C)CCCN3C2=O)cc1. The summed E-state index contributed by atoms with van der Waals surface area (Å²) in [7, 11) is 1.44. The lowest BCUT2D eigenvalue weighted by Crippen LogP contribution is -2.64. The Hall–Kier alpha value is -11.1. The summed E-state index contributed by atoms with van der Waals surface area (Å²) >= 11 is 0. The highest BCUT2D eigenvalue weighted by Crippen LogP contribution is 2.32. The summed E-state index contributed by atoms with van der Waals surface area (Å²) < 4.78 is 57.4. The Kier molecular flexibility index (Phi) is 27.1. The second-order valence-corrected chi connectivity index (χ2v) is 27.1. The number of carbonyl (C=O) groups excluding carboxylic acids is 12. The van der Waals surface area contributed by atoms with Crippen LogP contribution in [-0.4, -0.2) is 220 Å². The fraction of sp³-hybridized carbons (Fsp3) is 0.452. The van der Waals surface area contributed by atoms with Gasteiger partial charge in [0.1, 0.15) is 102 Å². The number of aliphatic hydroxyl groups excluding tert-OH is 2. The zero-order chi connectivity index (χ0) is 77.4. The van der Waals surface area contributed by atoms with Gasteiger partial charge in [-0.05, 0) is 142 Å². The van der Waals surface area contributed by atoms with Gasteiger partial charge in [0.15, 0.2) is 0 Å². The minimum atomic E-state index is -1.93. The number of hydrogen-bond acceptors (Lipinski definition) is 17. The molecule has 10 rings (SSSR count). The van der Waals surface area contributed by atoms with Gasteiger partial charge in [-0.2, -0.15) is 0 Å². The monoisotopic (exact) mass is 1490 g/mol. The van der Waals surface area contributed by atoms with E-state index in [4.69, 9.17) is 20.9 Å². The summed E-state index contributed by atoms with van der Waals surface area (Å²) in [5, 5.41) is 44.5. The van der Waals surface area contributed by atoms with E-state index in [2.05, 4.69) is 57.8 Å². The number of rotatable bonds is 15. The largest absolute Gasteiger partial charge is 0.497 e. The van der Waals surface area contributed by atoms with Crippen LogP contribution in [0.3, 0.4) is 0 Å². The molecule has 31 nitrogen and oxygen atoms in total. The van der Waals surface area contributed by atoms with E-state index in [1.54, 1.807) is 48.5 Å². The van der Waals surface area contributed by atoms with Crippen LogP contribution in [0, 0.1) is 11.6 Å². The number of methoxy groups -OCH3 is 1. The number of halogens is 3. The number of nitrogens with two attached hydrogens (primary N) is 2. The highest BCUT2D eigenvalue weighted by atomic mass is 19.1. The van der Waals surface area contributed by atoms with Crippen molar-refractivity contribution in [2.24, 2.45) is 11.5 Å². The number of ether oxygens (including phenoxy) is 2. The second kappa shape index (κ2) is 36.2. The van der Waals surface area contributed by atoms with Crippen molar-refractivity contribution in [2.75, 3.05) is 46.5 Å². The van der Waals surface area contributed by atoms with Gasteiger partial charge < -0.3 is 98.8 Å². The molecule has 2 fully saturated rings.